The molecule has 0 amide bonds. The minimum Gasteiger partial charge on any atom is -0.340 e. The van der Waals surface area contributed by atoms with Crippen LogP contribution in [0.15, 0.2) is 97.1 Å². The van der Waals surface area contributed by atoms with E-state index in [9.17, 15) is 0 Å². The van der Waals surface area contributed by atoms with Crippen LogP contribution in [0.25, 0.3) is 62.9 Å². The van der Waals surface area contributed by atoms with E-state index in [1.54, 1.807) is 0 Å². The zero-order valence-electron chi connectivity index (χ0n) is 25.3. The molecule has 0 N–H and O–H groups in total. The van der Waals surface area contributed by atoms with E-state index in [0.717, 1.165) is 6.54 Å². The zero-order chi connectivity index (χ0) is 29.0. The van der Waals surface area contributed by atoms with Crippen molar-refractivity contribution in [2.75, 3.05) is 0 Å². The van der Waals surface area contributed by atoms with E-state index in [1.807, 2.05) is 22.7 Å². The van der Waals surface area contributed by atoms with Crippen LogP contribution in [0.2, 0.25) is 0 Å². The Morgan fingerprint density at radius 1 is 0.488 bits per heavy atom. The lowest BCUT2D eigenvalue weighted by Crippen LogP contribution is -1.97. The fourth-order valence-corrected chi connectivity index (χ4v) is 8.78. The van der Waals surface area contributed by atoms with E-state index >= 15 is 0 Å². The first-order valence-corrected chi connectivity index (χ1v) is 18.0. The maximum atomic E-state index is 2.60. The van der Waals surface area contributed by atoms with Crippen LogP contribution in [0, 0.1) is 0 Å². The Balaban J connectivity index is 1.19. The molecule has 0 spiro atoms. The van der Waals surface area contributed by atoms with Crippen LogP contribution in [0.3, 0.4) is 0 Å². The number of fused-ring (bicyclic) bond motifs is 5. The molecule has 3 aromatic heterocycles. The molecule has 1 nitrogen and oxygen atoms in total. The molecule has 43 heavy (non-hydrogen) atoms. The van der Waals surface area contributed by atoms with Gasteiger partial charge in [-0.05, 0) is 76.9 Å². The standard InChI is InChI=1S/C40H41NS2/c1-2-3-4-5-6-7-8-9-10-15-24-41-35-22-20-31(39-27-29-16-11-13-18-37(29)42-39)25-33(35)34-26-32(21-23-36(34)41)40-28-30-17-12-14-19-38(30)43-40/h11-14,16-23,25-28H,2-10,15,24H2,1H3. The fraction of sp³-hybridized carbons (Fsp3) is 0.300. The summed E-state index contributed by atoms with van der Waals surface area (Å²) in [6.07, 6.45) is 13.7. The van der Waals surface area contributed by atoms with E-state index in [2.05, 4.69) is 109 Å². The number of benzene rings is 4. The summed E-state index contributed by atoms with van der Waals surface area (Å²) in [7, 11) is 0. The van der Waals surface area contributed by atoms with Crippen LogP contribution in [0.1, 0.15) is 71.1 Å². The monoisotopic (exact) mass is 599 g/mol. The Labute approximate surface area is 263 Å². The molecule has 7 aromatic rings. The maximum Gasteiger partial charge on any atom is 0.0491 e. The maximum absolute atomic E-state index is 2.60. The molecule has 3 heterocycles. The van der Waals surface area contributed by atoms with E-state index in [-0.39, 0.29) is 0 Å². The van der Waals surface area contributed by atoms with Crippen molar-refractivity contribution in [1.29, 1.82) is 0 Å². The lowest BCUT2D eigenvalue weighted by molar-refractivity contribution is 0.541. The molecule has 0 atom stereocenters. The second kappa shape index (κ2) is 13.1. The summed E-state index contributed by atoms with van der Waals surface area (Å²) in [5, 5.41) is 5.41. The van der Waals surface area contributed by atoms with Crippen LogP contribution in [0.4, 0.5) is 0 Å². The van der Waals surface area contributed by atoms with Crippen molar-refractivity contribution >= 4 is 64.7 Å². The summed E-state index contributed by atoms with van der Waals surface area (Å²) in [4.78, 5) is 2.69. The summed E-state index contributed by atoms with van der Waals surface area (Å²) < 4.78 is 5.31. The fourth-order valence-electron chi connectivity index (χ4n) is 6.66. The molecule has 0 aliphatic rings. The third-order valence-electron chi connectivity index (χ3n) is 9.02. The number of nitrogens with zero attached hydrogens (tertiary/aromatic N) is 1. The van der Waals surface area contributed by atoms with Crippen molar-refractivity contribution in [2.45, 2.75) is 77.7 Å². The molecule has 7 rings (SSSR count). The van der Waals surface area contributed by atoms with E-state index in [1.165, 1.54) is 127 Å². The minimum atomic E-state index is 1.08. The second-order valence-corrected chi connectivity index (χ2v) is 14.3. The summed E-state index contributed by atoms with van der Waals surface area (Å²) >= 11 is 3.79. The van der Waals surface area contributed by atoms with Gasteiger partial charge < -0.3 is 4.57 Å². The first-order valence-electron chi connectivity index (χ1n) is 16.3. The highest BCUT2D eigenvalue weighted by Gasteiger charge is 2.15. The Morgan fingerprint density at radius 3 is 1.44 bits per heavy atom. The van der Waals surface area contributed by atoms with Crippen LogP contribution < -0.4 is 0 Å². The molecule has 0 saturated heterocycles. The molecule has 4 aromatic carbocycles. The number of hydrogen-bond acceptors (Lipinski definition) is 2. The van der Waals surface area contributed by atoms with Crippen molar-refractivity contribution in [2.24, 2.45) is 0 Å². The summed E-state index contributed by atoms with van der Waals surface area (Å²) in [5.41, 5.74) is 5.37. The summed E-state index contributed by atoms with van der Waals surface area (Å²) in [6, 6.07) is 36.5. The number of aromatic nitrogens is 1. The highest BCUT2D eigenvalue weighted by molar-refractivity contribution is 7.22. The quantitative estimate of drug-likeness (QED) is 0.116. The largest absolute Gasteiger partial charge is 0.340 e. The number of unbranched alkanes of at least 4 members (excludes halogenated alkanes) is 9. The van der Waals surface area contributed by atoms with Gasteiger partial charge in [-0.2, -0.15) is 0 Å². The molecule has 3 heteroatoms. The van der Waals surface area contributed by atoms with Gasteiger partial charge in [0.1, 0.15) is 0 Å². The Hall–Kier alpha value is -3.40. The lowest BCUT2D eigenvalue weighted by Gasteiger charge is -2.08. The molecule has 0 radical (unpaired) electrons. The van der Waals surface area contributed by atoms with Crippen molar-refractivity contribution < 1.29 is 0 Å². The van der Waals surface area contributed by atoms with E-state index in [0.29, 0.717) is 0 Å². The van der Waals surface area contributed by atoms with Crippen molar-refractivity contribution in [3.8, 4) is 20.9 Å². The minimum absolute atomic E-state index is 1.08. The number of aryl methyl sites for hydroxylation is 1. The molecule has 0 aliphatic heterocycles. The molecule has 0 fully saturated rings. The van der Waals surface area contributed by atoms with Gasteiger partial charge in [0.2, 0.25) is 0 Å². The third-order valence-corrected chi connectivity index (χ3v) is 11.4. The predicted molar refractivity (Wildman–Crippen MR) is 193 cm³/mol. The first kappa shape index (κ1) is 28.4. The molecule has 0 saturated carbocycles. The molecule has 0 aliphatic carbocycles. The Morgan fingerprint density at radius 2 is 0.953 bits per heavy atom. The van der Waals surface area contributed by atoms with Gasteiger partial charge in [0.05, 0.1) is 0 Å². The van der Waals surface area contributed by atoms with Gasteiger partial charge in [-0.3, -0.25) is 0 Å². The van der Waals surface area contributed by atoms with Gasteiger partial charge in [-0.25, -0.2) is 0 Å². The first-order chi connectivity index (χ1) is 21.3. The predicted octanol–water partition coefficient (Wildman–Crippen LogP) is 13.5. The van der Waals surface area contributed by atoms with Gasteiger partial charge >= 0.3 is 0 Å². The number of thiophene rings is 2. The number of rotatable bonds is 13. The molecule has 0 bridgehead atoms. The SMILES string of the molecule is CCCCCCCCCCCCn1c2ccc(-c3cc4ccccc4s3)cc2c2cc(-c3cc4ccccc4s3)ccc21. The van der Waals surface area contributed by atoms with Crippen molar-refractivity contribution in [1.82, 2.24) is 4.57 Å². The third kappa shape index (κ3) is 6.03. The van der Waals surface area contributed by atoms with E-state index < -0.39 is 0 Å². The lowest BCUT2D eigenvalue weighted by atomic mass is 10.1. The van der Waals surface area contributed by atoms with E-state index in [4.69, 9.17) is 0 Å². The molecular weight excluding hydrogens is 559 g/mol. The smallest absolute Gasteiger partial charge is 0.0491 e. The number of hydrogen-bond donors (Lipinski definition) is 0. The molecule has 218 valence electrons. The van der Waals surface area contributed by atoms with Gasteiger partial charge in [0.25, 0.3) is 0 Å². The second-order valence-electron chi connectivity index (χ2n) is 12.1. The average Bonchev–Trinajstić information content (AvgIpc) is 3.75. The summed E-state index contributed by atoms with van der Waals surface area (Å²) in [5.74, 6) is 0. The van der Waals surface area contributed by atoms with Gasteiger partial charge in [-0.15, -0.1) is 22.7 Å². The average molecular weight is 600 g/mol. The van der Waals surface area contributed by atoms with Crippen LogP contribution in [0.5, 0.6) is 0 Å². The van der Waals surface area contributed by atoms with Gasteiger partial charge in [0.15, 0.2) is 0 Å². The highest BCUT2D eigenvalue weighted by Crippen LogP contribution is 2.40. The van der Waals surface area contributed by atoms with Crippen LogP contribution in [-0.2, 0) is 6.54 Å². The summed E-state index contributed by atoms with van der Waals surface area (Å²) in [6.45, 7) is 3.38. The van der Waals surface area contributed by atoms with Crippen LogP contribution in [-0.4, -0.2) is 4.57 Å². The topological polar surface area (TPSA) is 4.93 Å². The Kier molecular flexibility index (Phi) is 8.63. The van der Waals surface area contributed by atoms with Crippen molar-refractivity contribution in [3.05, 3.63) is 97.1 Å². The zero-order valence-corrected chi connectivity index (χ0v) is 26.9. The molecule has 0 unspecified atom stereocenters. The normalized spacial score (nSPS) is 11.9. The molecular formula is C40H41NS2. The van der Waals surface area contributed by atoms with Crippen LogP contribution >= 0.6 is 22.7 Å². The Bertz CT molecular complexity index is 1790. The van der Waals surface area contributed by atoms with Gasteiger partial charge in [-0.1, -0.05) is 113 Å². The highest BCUT2D eigenvalue weighted by atomic mass is 32.1. The van der Waals surface area contributed by atoms with Gasteiger partial charge in [0, 0.05) is 47.5 Å². The van der Waals surface area contributed by atoms with Crippen molar-refractivity contribution in [3.63, 3.8) is 0 Å².